The molecule has 0 radical (unpaired) electrons. The van der Waals surface area contributed by atoms with Crippen LogP contribution >= 0.6 is 0 Å². The molecule has 0 heterocycles. The molecule has 0 aliphatic rings. The Morgan fingerprint density at radius 2 is 2.14 bits per heavy atom. The molecule has 1 aromatic carbocycles. The fourth-order valence-electron chi connectivity index (χ4n) is 2.12. The van der Waals surface area contributed by atoms with Crippen LogP contribution in [0.1, 0.15) is 25.8 Å². The van der Waals surface area contributed by atoms with Crippen molar-refractivity contribution in [2.24, 2.45) is 10.7 Å². The minimum atomic E-state index is 0.106. The third kappa shape index (κ3) is 7.43. The van der Waals surface area contributed by atoms with Crippen LogP contribution in [-0.2, 0) is 11.2 Å². The molecule has 0 saturated carbocycles. The highest BCUT2D eigenvalue weighted by Gasteiger charge is 2.08. The number of benzene rings is 1. The summed E-state index contributed by atoms with van der Waals surface area (Å²) in [5.74, 6) is 0.433. The number of anilines is 1. The molecule has 1 aromatic rings. The van der Waals surface area contributed by atoms with Crippen molar-refractivity contribution < 1.29 is 4.74 Å². The summed E-state index contributed by atoms with van der Waals surface area (Å²) < 4.78 is 5.71. The van der Waals surface area contributed by atoms with Crippen molar-refractivity contribution in [3.63, 3.8) is 0 Å². The normalized spacial score (nSPS) is 13.4. The summed E-state index contributed by atoms with van der Waals surface area (Å²) in [4.78, 5) is 6.56. The molecule has 3 N–H and O–H groups in total. The monoisotopic (exact) mass is 306 g/mol. The van der Waals surface area contributed by atoms with Crippen LogP contribution in [0.5, 0.6) is 0 Å². The van der Waals surface area contributed by atoms with Gasteiger partial charge < -0.3 is 20.7 Å². The smallest absolute Gasteiger partial charge is 0.193 e. The fourth-order valence-corrected chi connectivity index (χ4v) is 2.12. The molecule has 1 atom stereocenters. The zero-order valence-electron chi connectivity index (χ0n) is 14.3. The highest BCUT2D eigenvalue weighted by Crippen LogP contribution is 2.10. The summed E-state index contributed by atoms with van der Waals surface area (Å²) in [6.45, 7) is 6.39. The van der Waals surface area contributed by atoms with E-state index >= 15 is 0 Å². The van der Waals surface area contributed by atoms with Crippen molar-refractivity contribution in [1.29, 1.82) is 0 Å². The van der Waals surface area contributed by atoms with Crippen LogP contribution in [0.4, 0.5) is 5.69 Å². The number of hydrogen-bond donors (Lipinski definition) is 2. The first-order valence-electron chi connectivity index (χ1n) is 7.97. The molecule has 0 bridgehead atoms. The molecule has 0 aliphatic carbocycles. The van der Waals surface area contributed by atoms with Crippen LogP contribution in [0, 0.1) is 0 Å². The molecule has 0 amide bonds. The molecule has 0 aromatic heterocycles. The summed E-state index contributed by atoms with van der Waals surface area (Å²) in [5, 5.41) is 3.14. The summed E-state index contributed by atoms with van der Waals surface area (Å²) in [7, 11) is 4.12. The van der Waals surface area contributed by atoms with Crippen molar-refractivity contribution in [2.45, 2.75) is 32.8 Å². The third-order valence-corrected chi connectivity index (χ3v) is 3.37. The van der Waals surface area contributed by atoms with E-state index in [4.69, 9.17) is 10.5 Å². The van der Waals surface area contributed by atoms with Crippen LogP contribution in [0.3, 0.4) is 0 Å². The van der Waals surface area contributed by atoms with Gasteiger partial charge in [0.2, 0.25) is 0 Å². The highest BCUT2D eigenvalue weighted by molar-refractivity contribution is 5.92. The molecule has 22 heavy (non-hydrogen) atoms. The van der Waals surface area contributed by atoms with E-state index in [-0.39, 0.29) is 6.10 Å². The Hall–Kier alpha value is -1.59. The van der Waals surface area contributed by atoms with Crippen LogP contribution in [0.2, 0.25) is 0 Å². The molecule has 0 spiro atoms. The van der Waals surface area contributed by atoms with Crippen LogP contribution < -0.4 is 11.1 Å². The van der Waals surface area contributed by atoms with E-state index < -0.39 is 0 Å². The van der Waals surface area contributed by atoms with Gasteiger partial charge in [-0.15, -0.1) is 0 Å². The summed E-state index contributed by atoms with van der Waals surface area (Å²) in [5.41, 5.74) is 8.22. The van der Waals surface area contributed by atoms with E-state index in [1.807, 2.05) is 19.1 Å². The van der Waals surface area contributed by atoms with Gasteiger partial charge in [0.1, 0.15) is 0 Å². The van der Waals surface area contributed by atoms with Crippen molar-refractivity contribution >= 4 is 11.6 Å². The maximum atomic E-state index is 5.97. The lowest BCUT2D eigenvalue weighted by Gasteiger charge is -2.18. The van der Waals surface area contributed by atoms with E-state index in [2.05, 4.69) is 48.4 Å². The summed E-state index contributed by atoms with van der Waals surface area (Å²) >= 11 is 0. The number of nitrogens with zero attached hydrogens (tertiary/aromatic N) is 2. The second-order valence-electron chi connectivity index (χ2n) is 5.57. The van der Waals surface area contributed by atoms with Gasteiger partial charge in [-0.2, -0.15) is 0 Å². The Labute approximate surface area is 134 Å². The molecular weight excluding hydrogens is 276 g/mol. The van der Waals surface area contributed by atoms with E-state index in [1.165, 1.54) is 5.56 Å². The number of hydrogen-bond acceptors (Lipinski definition) is 3. The second-order valence-corrected chi connectivity index (χ2v) is 5.57. The number of ether oxygens (including phenoxy) is 1. The Morgan fingerprint density at radius 1 is 1.36 bits per heavy atom. The number of guanidine groups is 1. The van der Waals surface area contributed by atoms with Crippen molar-refractivity contribution in [1.82, 2.24) is 4.90 Å². The predicted molar refractivity (Wildman–Crippen MR) is 94.5 cm³/mol. The first-order chi connectivity index (χ1) is 10.5. The maximum Gasteiger partial charge on any atom is 0.193 e. The zero-order chi connectivity index (χ0) is 16.4. The molecule has 5 nitrogen and oxygen atoms in total. The van der Waals surface area contributed by atoms with E-state index in [0.717, 1.165) is 25.1 Å². The number of nitrogens with one attached hydrogen (secondary N) is 1. The Morgan fingerprint density at radius 3 is 2.77 bits per heavy atom. The fraction of sp³-hybridized carbons (Fsp3) is 0.588. The number of rotatable bonds is 9. The molecular formula is C17H30N4O. The summed E-state index contributed by atoms with van der Waals surface area (Å²) in [6, 6.07) is 8.21. The van der Waals surface area contributed by atoms with E-state index in [1.54, 1.807) is 0 Å². The van der Waals surface area contributed by atoms with Crippen molar-refractivity contribution in [2.75, 3.05) is 39.1 Å². The molecule has 0 saturated heterocycles. The third-order valence-electron chi connectivity index (χ3n) is 3.37. The quantitative estimate of drug-likeness (QED) is 0.543. The van der Waals surface area contributed by atoms with Gasteiger partial charge in [-0.05, 0) is 51.6 Å². The van der Waals surface area contributed by atoms with E-state index in [9.17, 15) is 0 Å². The standard InChI is InChI=1S/C17H30N4O/c1-5-14-8-7-9-15(12-14)20-17(18)19-13-16(22-6-2)10-11-21(3)4/h7-9,12,16H,5-6,10-11,13H2,1-4H3,(H3,18,19,20). The number of aryl methyl sites for hydroxylation is 1. The van der Waals surface area contributed by atoms with Gasteiger partial charge in [-0.3, -0.25) is 4.99 Å². The molecule has 124 valence electrons. The lowest BCUT2D eigenvalue weighted by Crippen LogP contribution is -2.28. The average molecular weight is 306 g/mol. The minimum Gasteiger partial charge on any atom is -0.377 e. The van der Waals surface area contributed by atoms with Crippen LogP contribution in [0.15, 0.2) is 29.3 Å². The van der Waals surface area contributed by atoms with Gasteiger partial charge in [0.15, 0.2) is 5.96 Å². The summed E-state index contributed by atoms with van der Waals surface area (Å²) in [6.07, 6.45) is 2.06. The van der Waals surface area contributed by atoms with Crippen LogP contribution in [0.25, 0.3) is 0 Å². The van der Waals surface area contributed by atoms with Gasteiger partial charge in [0.05, 0.1) is 12.6 Å². The lowest BCUT2D eigenvalue weighted by atomic mass is 10.1. The first-order valence-corrected chi connectivity index (χ1v) is 7.97. The Kier molecular flexibility index (Phi) is 8.55. The topological polar surface area (TPSA) is 62.9 Å². The largest absolute Gasteiger partial charge is 0.377 e. The molecule has 0 fully saturated rings. The SMILES string of the molecule is CCOC(CCN(C)C)CN=C(N)Nc1cccc(CC)c1. The van der Waals surface area contributed by atoms with Crippen molar-refractivity contribution in [3.05, 3.63) is 29.8 Å². The van der Waals surface area contributed by atoms with Crippen molar-refractivity contribution in [3.8, 4) is 0 Å². The Balaban J connectivity index is 2.54. The van der Waals surface area contributed by atoms with Gasteiger partial charge in [0, 0.05) is 18.8 Å². The highest BCUT2D eigenvalue weighted by atomic mass is 16.5. The predicted octanol–water partition coefficient (Wildman–Crippen LogP) is 2.33. The Bertz CT molecular complexity index is 460. The molecule has 1 rings (SSSR count). The molecule has 5 heteroatoms. The van der Waals surface area contributed by atoms with E-state index in [0.29, 0.717) is 19.1 Å². The maximum absolute atomic E-state index is 5.97. The average Bonchev–Trinajstić information content (AvgIpc) is 2.50. The van der Waals surface area contributed by atoms with Gasteiger partial charge in [0.25, 0.3) is 0 Å². The van der Waals surface area contributed by atoms with Crippen LogP contribution in [-0.4, -0.2) is 50.8 Å². The number of aliphatic imine (C=N–C) groups is 1. The van der Waals surface area contributed by atoms with Gasteiger partial charge in [-0.1, -0.05) is 19.1 Å². The molecule has 0 aliphatic heterocycles. The minimum absolute atomic E-state index is 0.106. The number of nitrogens with two attached hydrogens (primary N) is 1. The second kappa shape index (κ2) is 10.2. The molecule has 1 unspecified atom stereocenters. The van der Waals surface area contributed by atoms with Gasteiger partial charge >= 0.3 is 0 Å². The first kappa shape index (κ1) is 18.5. The lowest BCUT2D eigenvalue weighted by molar-refractivity contribution is 0.0583. The van der Waals surface area contributed by atoms with Gasteiger partial charge in [-0.25, -0.2) is 0 Å². The zero-order valence-corrected chi connectivity index (χ0v) is 14.3.